The first kappa shape index (κ1) is 23.9. The summed E-state index contributed by atoms with van der Waals surface area (Å²) in [6.07, 6.45) is 1.37. The Morgan fingerprint density at radius 1 is 1.03 bits per heavy atom. The minimum Gasteiger partial charge on any atom is -0.493 e. The van der Waals surface area contributed by atoms with Crippen molar-refractivity contribution in [2.45, 2.75) is 36.7 Å². The van der Waals surface area contributed by atoms with Crippen molar-refractivity contribution in [1.82, 2.24) is 9.62 Å². The lowest BCUT2D eigenvalue weighted by Crippen LogP contribution is -2.48. The number of nitrogens with one attached hydrogen (secondary N) is 1. The smallest absolute Gasteiger partial charge is 0.247 e. The van der Waals surface area contributed by atoms with E-state index in [-0.39, 0.29) is 13.0 Å². The van der Waals surface area contributed by atoms with Crippen LogP contribution in [-0.4, -0.2) is 45.4 Å². The third-order valence-electron chi connectivity index (χ3n) is 5.23. The van der Waals surface area contributed by atoms with Crippen molar-refractivity contribution in [3.63, 3.8) is 0 Å². The van der Waals surface area contributed by atoms with Gasteiger partial charge in [-0.3, -0.25) is 4.79 Å². The Morgan fingerprint density at radius 3 is 2.44 bits per heavy atom. The summed E-state index contributed by atoms with van der Waals surface area (Å²) in [4.78, 5) is 11.6. The fraction of sp³-hybridized carbons (Fsp3) is 0.381. The predicted molar refractivity (Wildman–Crippen MR) is 109 cm³/mol. The number of nitrogens with zero attached hydrogens (tertiary/aromatic N) is 1. The van der Waals surface area contributed by atoms with E-state index < -0.39 is 44.3 Å². The molecular formula is C21H23F3N2O5S. The van der Waals surface area contributed by atoms with Gasteiger partial charge < -0.3 is 14.8 Å². The molecule has 11 heteroatoms. The summed E-state index contributed by atoms with van der Waals surface area (Å²) in [5.41, 5.74) is 0.422. The second-order valence-electron chi connectivity index (χ2n) is 7.22. The van der Waals surface area contributed by atoms with E-state index in [1.165, 1.54) is 20.3 Å². The van der Waals surface area contributed by atoms with E-state index in [0.717, 1.165) is 4.31 Å². The summed E-state index contributed by atoms with van der Waals surface area (Å²) in [6.45, 7) is 0.0400. The molecule has 1 heterocycles. The van der Waals surface area contributed by atoms with Crippen LogP contribution in [0, 0.1) is 17.5 Å². The molecule has 7 nitrogen and oxygen atoms in total. The molecule has 174 valence electrons. The summed E-state index contributed by atoms with van der Waals surface area (Å²) in [6, 6.07) is 4.68. The fourth-order valence-electron chi connectivity index (χ4n) is 3.55. The SMILES string of the molecule is COc1ccc(CN(C2CCCCNC2=O)S(=O)(=O)c2ccc(F)c(F)c2F)cc1OC. The monoisotopic (exact) mass is 472 g/mol. The number of sulfonamides is 1. The number of halogens is 3. The Morgan fingerprint density at radius 2 is 1.75 bits per heavy atom. The van der Waals surface area contributed by atoms with Gasteiger partial charge in [0, 0.05) is 13.1 Å². The summed E-state index contributed by atoms with van der Waals surface area (Å²) < 4.78 is 79.8. The summed E-state index contributed by atoms with van der Waals surface area (Å²) in [5.74, 6) is -5.07. The van der Waals surface area contributed by atoms with Crippen LogP contribution in [0.3, 0.4) is 0 Å². The van der Waals surface area contributed by atoms with Gasteiger partial charge in [-0.2, -0.15) is 4.31 Å². The Bertz CT molecular complexity index is 1110. The lowest BCUT2D eigenvalue weighted by atomic mass is 10.1. The summed E-state index contributed by atoms with van der Waals surface area (Å²) in [7, 11) is -1.89. The van der Waals surface area contributed by atoms with Crippen molar-refractivity contribution in [2.75, 3.05) is 20.8 Å². The maximum Gasteiger partial charge on any atom is 0.247 e. The zero-order valence-corrected chi connectivity index (χ0v) is 18.3. The molecule has 0 radical (unpaired) electrons. The molecule has 1 amide bonds. The minimum atomic E-state index is -4.73. The number of hydrogen-bond acceptors (Lipinski definition) is 5. The Hall–Kier alpha value is -2.79. The second-order valence-corrected chi connectivity index (χ2v) is 9.07. The maximum absolute atomic E-state index is 14.5. The van der Waals surface area contributed by atoms with Crippen LogP contribution in [0.5, 0.6) is 11.5 Å². The number of rotatable bonds is 7. The highest BCUT2D eigenvalue weighted by Gasteiger charge is 2.39. The standard InChI is InChI=1S/C21H23F3N2O5S/c1-30-16-8-6-13(11-17(16)31-2)12-26(15-5-3-4-10-25-21(15)27)32(28,29)18-9-7-14(22)19(23)20(18)24/h6-9,11,15H,3-5,10,12H2,1-2H3,(H,25,27). The molecule has 0 bridgehead atoms. The molecule has 3 rings (SSSR count). The number of carbonyl (C=O) groups is 1. The Balaban J connectivity index is 2.11. The molecule has 0 spiro atoms. The van der Waals surface area contributed by atoms with Crippen LogP contribution in [0.1, 0.15) is 24.8 Å². The van der Waals surface area contributed by atoms with Gasteiger partial charge in [0.2, 0.25) is 15.9 Å². The van der Waals surface area contributed by atoms with Gasteiger partial charge in [0.05, 0.1) is 14.2 Å². The van der Waals surface area contributed by atoms with Crippen LogP contribution < -0.4 is 14.8 Å². The van der Waals surface area contributed by atoms with Crippen LogP contribution >= 0.6 is 0 Å². The van der Waals surface area contributed by atoms with Gasteiger partial charge in [0.15, 0.2) is 29.0 Å². The van der Waals surface area contributed by atoms with Crippen molar-refractivity contribution in [3.05, 3.63) is 53.3 Å². The summed E-state index contributed by atoms with van der Waals surface area (Å²) >= 11 is 0. The molecular weight excluding hydrogens is 449 g/mol. The van der Waals surface area contributed by atoms with Gasteiger partial charge in [0.25, 0.3) is 0 Å². The largest absolute Gasteiger partial charge is 0.493 e. The van der Waals surface area contributed by atoms with Crippen molar-refractivity contribution in [3.8, 4) is 11.5 Å². The van der Waals surface area contributed by atoms with Gasteiger partial charge in [-0.1, -0.05) is 6.07 Å². The van der Waals surface area contributed by atoms with Crippen molar-refractivity contribution in [2.24, 2.45) is 0 Å². The van der Waals surface area contributed by atoms with Crippen LogP contribution in [0.2, 0.25) is 0 Å². The molecule has 1 aliphatic heterocycles. The molecule has 1 fully saturated rings. The molecule has 0 saturated carbocycles. The van der Waals surface area contributed by atoms with Crippen LogP contribution in [-0.2, 0) is 21.4 Å². The zero-order valence-electron chi connectivity index (χ0n) is 17.5. The van der Waals surface area contributed by atoms with Crippen molar-refractivity contribution < 1.29 is 35.9 Å². The molecule has 2 aromatic carbocycles. The minimum absolute atomic E-state index is 0.184. The van der Waals surface area contributed by atoms with Gasteiger partial charge >= 0.3 is 0 Å². The zero-order chi connectivity index (χ0) is 23.5. The van der Waals surface area contributed by atoms with E-state index in [2.05, 4.69) is 5.32 Å². The van der Waals surface area contributed by atoms with Crippen LogP contribution in [0.15, 0.2) is 35.2 Å². The normalized spacial score (nSPS) is 17.1. The first-order valence-corrected chi connectivity index (χ1v) is 11.3. The average molecular weight is 472 g/mol. The van der Waals surface area contributed by atoms with Gasteiger partial charge in [-0.05, 0) is 49.1 Å². The van der Waals surface area contributed by atoms with E-state index in [1.807, 2.05) is 0 Å². The first-order chi connectivity index (χ1) is 15.2. The molecule has 1 atom stereocenters. The number of ether oxygens (including phenoxy) is 2. The third-order valence-corrected chi connectivity index (χ3v) is 7.10. The molecule has 1 unspecified atom stereocenters. The molecule has 32 heavy (non-hydrogen) atoms. The third kappa shape index (κ3) is 4.68. The second kappa shape index (κ2) is 9.78. The lowest BCUT2D eigenvalue weighted by Gasteiger charge is -2.29. The summed E-state index contributed by atoms with van der Waals surface area (Å²) in [5, 5.41) is 2.64. The van der Waals surface area contributed by atoms with E-state index >= 15 is 0 Å². The molecule has 1 aliphatic rings. The predicted octanol–water partition coefficient (Wildman–Crippen LogP) is 2.98. The molecule has 1 saturated heterocycles. The van der Waals surface area contributed by atoms with E-state index in [1.54, 1.807) is 12.1 Å². The number of carbonyl (C=O) groups excluding carboxylic acids is 1. The van der Waals surface area contributed by atoms with Gasteiger partial charge in [-0.15, -0.1) is 0 Å². The van der Waals surface area contributed by atoms with E-state index in [4.69, 9.17) is 9.47 Å². The molecule has 2 aromatic rings. The van der Waals surface area contributed by atoms with Gasteiger partial charge in [-0.25, -0.2) is 21.6 Å². The maximum atomic E-state index is 14.5. The highest BCUT2D eigenvalue weighted by atomic mass is 32.2. The number of methoxy groups -OCH3 is 2. The topological polar surface area (TPSA) is 84.9 Å². The van der Waals surface area contributed by atoms with Crippen LogP contribution in [0.25, 0.3) is 0 Å². The molecule has 1 N–H and O–H groups in total. The number of hydrogen-bond donors (Lipinski definition) is 1. The van der Waals surface area contributed by atoms with Crippen LogP contribution in [0.4, 0.5) is 13.2 Å². The average Bonchev–Trinajstić information content (AvgIpc) is 2.99. The highest BCUT2D eigenvalue weighted by molar-refractivity contribution is 7.89. The first-order valence-electron chi connectivity index (χ1n) is 9.84. The number of amides is 1. The molecule has 0 aromatic heterocycles. The highest BCUT2D eigenvalue weighted by Crippen LogP contribution is 2.31. The molecule has 0 aliphatic carbocycles. The number of benzene rings is 2. The van der Waals surface area contributed by atoms with Crippen molar-refractivity contribution >= 4 is 15.9 Å². The lowest BCUT2D eigenvalue weighted by molar-refractivity contribution is -0.124. The fourth-order valence-corrected chi connectivity index (χ4v) is 5.22. The quantitative estimate of drug-likeness (QED) is 0.627. The van der Waals surface area contributed by atoms with E-state index in [9.17, 15) is 26.4 Å². The van der Waals surface area contributed by atoms with Gasteiger partial charge in [0.1, 0.15) is 10.9 Å². The Labute approximate surface area is 184 Å². The Kier molecular flexibility index (Phi) is 7.29. The van der Waals surface area contributed by atoms with Crippen molar-refractivity contribution in [1.29, 1.82) is 0 Å². The van der Waals surface area contributed by atoms with E-state index in [0.29, 0.717) is 48.6 Å².